The highest BCUT2D eigenvalue weighted by Gasteiger charge is 2.24. The lowest BCUT2D eigenvalue weighted by Gasteiger charge is -2.15. The molecule has 5 nitrogen and oxygen atoms in total. The predicted molar refractivity (Wildman–Crippen MR) is 164 cm³/mol. The van der Waals surface area contributed by atoms with Crippen LogP contribution in [0.2, 0.25) is 0 Å². The van der Waals surface area contributed by atoms with Gasteiger partial charge in [-0.3, -0.25) is 4.99 Å². The topological polar surface area (TPSA) is 86.8 Å². The molecule has 0 radical (unpaired) electrons. The lowest BCUT2D eigenvalue weighted by atomic mass is 9.88. The summed E-state index contributed by atoms with van der Waals surface area (Å²) in [5.74, 6) is 8.54. The van der Waals surface area contributed by atoms with Crippen molar-refractivity contribution in [3.8, 4) is 17.7 Å². The zero-order valence-corrected chi connectivity index (χ0v) is 23.8. The summed E-state index contributed by atoms with van der Waals surface area (Å²) in [6.07, 6.45) is 10.8. The van der Waals surface area contributed by atoms with Crippen LogP contribution in [0.15, 0.2) is 40.1 Å². The molecule has 37 heavy (non-hydrogen) atoms. The second kappa shape index (κ2) is 14.3. The van der Waals surface area contributed by atoms with E-state index in [2.05, 4.69) is 78.8 Å². The van der Waals surface area contributed by atoms with Crippen LogP contribution in [-0.2, 0) is 6.42 Å². The van der Waals surface area contributed by atoms with Crippen LogP contribution in [0.3, 0.4) is 0 Å². The fourth-order valence-corrected chi connectivity index (χ4v) is 4.49. The Labute approximate surface area is 226 Å². The number of aromatic nitrogens is 1. The number of aromatic amines is 1. The van der Waals surface area contributed by atoms with Crippen molar-refractivity contribution in [3.05, 3.63) is 62.9 Å². The number of hydrogen-bond acceptors (Lipinski definition) is 4. The molecule has 4 rings (SSSR count). The molecule has 2 aliphatic rings. The van der Waals surface area contributed by atoms with Gasteiger partial charge in [-0.15, -0.1) is 0 Å². The van der Waals surface area contributed by atoms with Crippen LogP contribution in [0.4, 0.5) is 0 Å². The summed E-state index contributed by atoms with van der Waals surface area (Å²) in [6.45, 7) is 14.7. The molecule has 0 aliphatic heterocycles. The van der Waals surface area contributed by atoms with Gasteiger partial charge < -0.3 is 15.8 Å². The van der Waals surface area contributed by atoms with Gasteiger partial charge >= 0.3 is 0 Å². The number of aromatic hydroxyl groups is 1. The summed E-state index contributed by atoms with van der Waals surface area (Å²) in [4.78, 5) is 11.5. The van der Waals surface area contributed by atoms with Gasteiger partial charge in [-0.05, 0) is 61.6 Å². The third kappa shape index (κ3) is 7.73. The molecule has 1 heterocycles. The Balaban J connectivity index is 0.00000126. The number of rotatable bonds is 6. The standard InChI is InChI=1S/C24H26N4O.C6H12.C2H6.2H2/c1-5-17-9-6-8-15(2)22(17)18-10-7-11-21-20(12-18)23(24(29)28-21)16(3)27-19(13-25)14-26-4;1-5(2)6-3-4-6;1-2;;/h6,8-9,11-14,18,28-29H,5,25H2,1-4H3;5-6H,3-4H2,1-2H3;1-2H3;2*1H/b19-13+,26-14?,27-16?;;;;. The van der Waals surface area contributed by atoms with E-state index in [0.29, 0.717) is 17.0 Å². The van der Waals surface area contributed by atoms with E-state index in [1.54, 1.807) is 19.3 Å². The lowest BCUT2D eigenvalue weighted by Crippen LogP contribution is -2.27. The number of allylic oxidation sites excluding steroid dienone is 1. The number of aryl methyl sites for hydroxylation is 2. The Morgan fingerprint density at radius 1 is 1.30 bits per heavy atom. The minimum absolute atomic E-state index is 0. The molecule has 1 atom stereocenters. The van der Waals surface area contributed by atoms with Gasteiger partial charge in [0.2, 0.25) is 0 Å². The first-order chi connectivity index (χ1) is 17.8. The minimum atomic E-state index is -0.0767. The maximum Gasteiger partial charge on any atom is 0.198 e. The highest BCUT2D eigenvalue weighted by molar-refractivity contribution is 6.03. The highest BCUT2D eigenvalue weighted by Crippen LogP contribution is 2.35. The summed E-state index contributed by atoms with van der Waals surface area (Å²) in [6, 6.07) is 6.35. The number of nitrogens with two attached hydrogens (primary N) is 1. The average Bonchev–Trinajstić information content (AvgIpc) is 3.71. The molecule has 0 saturated heterocycles. The van der Waals surface area contributed by atoms with Gasteiger partial charge in [0.1, 0.15) is 0 Å². The number of aliphatic imine (C=N–C) groups is 2. The van der Waals surface area contributed by atoms with E-state index in [1.807, 2.05) is 20.8 Å². The summed E-state index contributed by atoms with van der Waals surface area (Å²) in [7, 11) is 1.66. The van der Waals surface area contributed by atoms with Gasteiger partial charge in [0.25, 0.3) is 0 Å². The smallest absolute Gasteiger partial charge is 0.198 e. The van der Waals surface area contributed by atoms with Crippen molar-refractivity contribution in [2.45, 2.75) is 73.6 Å². The fourth-order valence-electron chi connectivity index (χ4n) is 4.49. The first-order valence-electron chi connectivity index (χ1n) is 13.4. The summed E-state index contributed by atoms with van der Waals surface area (Å²) in [5, 5.41) is 12.2. The molecular formula is C32H48N4O. The molecule has 0 bridgehead atoms. The van der Waals surface area contributed by atoms with E-state index < -0.39 is 0 Å². The second-order valence-electron chi connectivity index (χ2n) is 9.51. The minimum Gasteiger partial charge on any atom is -0.494 e. The van der Waals surface area contributed by atoms with Crippen molar-refractivity contribution >= 4 is 24.1 Å². The van der Waals surface area contributed by atoms with Gasteiger partial charge in [-0.25, -0.2) is 4.99 Å². The zero-order valence-electron chi connectivity index (χ0n) is 23.8. The quantitative estimate of drug-likeness (QED) is 0.341. The fraction of sp³-hybridized carbons (Fsp3) is 0.438. The summed E-state index contributed by atoms with van der Waals surface area (Å²) in [5.41, 5.74) is 11.2. The van der Waals surface area contributed by atoms with Crippen molar-refractivity contribution in [1.82, 2.24) is 4.98 Å². The van der Waals surface area contributed by atoms with Crippen molar-refractivity contribution in [1.29, 1.82) is 0 Å². The van der Waals surface area contributed by atoms with Crippen molar-refractivity contribution in [2.75, 3.05) is 7.05 Å². The van der Waals surface area contributed by atoms with E-state index in [-0.39, 0.29) is 14.7 Å². The van der Waals surface area contributed by atoms with E-state index in [0.717, 1.165) is 28.8 Å². The largest absolute Gasteiger partial charge is 0.494 e. The molecule has 1 aromatic carbocycles. The number of benzene rings is 1. The molecule has 1 fully saturated rings. The van der Waals surface area contributed by atoms with E-state index in [9.17, 15) is 5.11 Å². The van der Waals surface area contributed by atoms with Crippen LogP contribution < -0.4 is 16.3 Å². The molecule has 1 aromatic heterocycles. The average molecular weight is 505 g/mol. The number of H-pyrrole nitrogens is 1. The van der Waals surface area contributed by atoms with Crippen molar-refractivity contribution in [2.24, 2.45) is 27.6 Å². The lowest BCUT2D eigenvalue weighted by molar-refractivity contribution is 0.455. The van der Waals surface area contributed by atoms with Crippen LogP contribution in [-0.4, -0.2) is 29.1 Å². The van der Waals surface area contributed by atoms with Gasteiger partial charge in [-0.1, -0.05) is 70.7 Å². The van der Waals surface area contributed by atoms with Gasteiger partial charge in [0.15, 0.2) is 5.88 Å². The van der Waals surface area contributed by atoms with Crippen LogP contribution in [0, 0.1) is 30.6 Å². The molecule has 1 unspecified atom stereocenters. The Bertz CT molecular complexity index is 1340. The first-order valence-corrected chi connectivity index (χ1v) is 13.4. The Morgan fingerprint density at radius 2 is 2.00 bits per heavy atom. The molecule has 0 spiro atoms. The summed E-state index contributed by atoms with van der Waals surface area (Å²) < 4.78 is 0. The normalized spacial score (nSPS) is 16.7. The van der Waals surface area contributed by atoms with Gasteiger partial charge in [0, 0.05) is 33.6 Å². The number of nitrogens with zero attached hydrogens (tertiary/aromatic N) is 2. The van der Waals surface area contributed by atoms with Crippen LogP contribution in [0.25, 0.3) is 12.2 Å². The van der Waals surface area contributed by atoms with Gasteiger partial charge in [0.05, 0.1) is 28.2 Å². The Hall–Kier alpha value is -3.52. The van der Waals surface area contributed by atoms with Crippen LogP contribution in [0.5, 0.6) is 5.88 Å². The molecule has 1 saturated carbocycles. The monoisotopic (exact) mass is 504 g/mol. The predicted octanol–water partition coefficient (Wildman–Crippen LogP) is 5.83. The number of hydrogen-bond donors (Lipinski definition) is 3. The molecular weight excluding hydrogens is 456 g/mol. The van der Waals surface area contributed by atoms with Crippen molar-refractivity contribution in [3.63, 3.8) is 0 Å². The van der Waals surface area contributed by atoms with Crippen molar-refractivity contribution < 1.29 is 7.96 Å². The summed E-state index contributed by atoms with van der Waals surface area (Å²) >= 11 is 0. The highest BCUT2D eigenvalue weighted by atomic mass is 16.3. The Kier molecular flexibility index (Phi) is 11.5. The first kappa shape index (κ1) is 29.7. The van der Waals surface area contributed by atoms with E-state index >= 15 is 0 Å². The zero-order chi connectivity index (χ0) is 27.5. The van der Waals surface area contributed by atoms with Crippen LogP contribution in [0.1, 0.15) is 85.4 Å². The third-order valence-electron chi connectivity index (χ3n) is 6.60. The van der Waals surface area contributed by atoms with Gasteiger partial charge in [-0.2, -0.15) is 0 Å². The van der Waals surface area contributed by atoms with E-state index in [4.69, 9.17) is 5.73 Å². The second-order valence-corrected chi connectivity index (χ2v) is 9.51. The third-order valence-corrected chi connectivity index (χ3v) is 6.60. The maximum absolute atomic E-state index is 10.6. The number of fused-ring (bicyclic) bond motifs is 1. The SMILES string of the molecule is CC.CC(C)C1CC1.CCc1cccc(C)c1C1C#CC=c2[nH]c(O)c(C(C)=N/C(C=NC)=C/N)c2=C1.[HH].[HH]. The Morgan fingerprint density at radius 3 is 2.54 bits per heavy atom. The molecule has 2 aliphatic carbocycles. The number of nitrogens with one attached hydrogen (secondary N) is 1. The molecule has 2 aromatic rings. The molecule has 0 amide bonds. The molecule has 202 valence electrons. The molecule has 4 N–H and O–H groups in total. The van der Waals surface area contributed by atoms with E-state index in [1.165, 1.54) is 35.7 Å². The van der Waals surface area contributed by atoms with Crippen LogP contribution >= 0.6 is 0 Å². The maximum atomic E-state index is 10.6. The molecule has 5 heteroatoms.